The molecule has 5 N–H and O–H groups in total. The van der Waals surface area contributed by atoms with E-state index >= 15 is 0 Å². The van der Waals surface area contributed by atoms with Crippen LogP contribution in [0.4, 0.5) is 0 Å². The first-order valence-corrected chi connectivity index (χ1v) is 8.47. The highest BCUT2D eigenvalue weighted by Crippen LogP contribution is 2.24. The maximum atomic E-state index is 6.39. The van der Waals surface area contributed by atoms with E-state index in [1.165, 1.54) is 35.6 Å². The van der Waals surface area contributed by atoms with Gasteiger partial charge in [0.15, 0.2) is 0 Å². The number of fused-ring (bicyclic) bond motifs is 1. The third kappa shape index (κ3) is 5.09. The topological polar surface area (TPSA) is 64.1 Å². The quantitative estimate of drug-likeness (QED) is 0.590. The Labute approximate surface area is 134 Å². The minimum Gasteiger partial charge on any atom is -0.330 e. The number of nitrogens with two attached hydrogens (primary N) is 2. The van der Waals surface area contributed by atoms with Gasteiger partial charge in [0.05, 0.1) is 0 Å². The maximum Gasteiger partial charge on any atom is 0.0313 e. The molecule has 0 saturated carbocycles. The summed E-state index contributed by atoms with van der Waals surface area (Å²) in [5.41, 5.74) is 13.1. The molecule has 0 heterocycles. The summed E-state index contributed by atoms with van der Waals surface area (Å²) in [6.07, 6.45) is 5.85. The first kappa shape index (κ1) is 16.9. The number of rotatable bonds is 10. The standard InChI is InChI=1S/C19H29N3/c20-13-5-1-2-6-14-22-15-12-19(21)18-11-7-9-16-8-3-4-10-17(16)18/h3-4,7-11,19,22H,1-2,5-6,12-15,20-21H2. The minimum atomic E-state index is 0.0934. The second-order valence-electron chi connectivity index (χ2n) is 5.92. The first-order chi connectivity index (χ1) is 10.8. The van der Waals surface area contributed by atoms with Crippen LogP contribution in [0.5, 0.6) is 0 Å². The average Bonchev–Trinajstić information content (AvgIpc) is 2.56. The second kappa shape index (κ2) is 9.57. The van der Waals surface area contributed by atoms with Crippen molar-refractivity contribution in [1.29, 1.82) is 0 Å². The Morgan fingerprint density at radius 2 is 1.64 bits per heavy atom. The van der Waals surface area contributed by atoms with Crippen molar-refractivity contribution < 1.29 is 0 Å². The van der Waals surface area contributed by atoms with Crippen molar-refractivity contribution in [3.05, 3.63) is 48.0 Å². The third-order valence-electron chi connectivity index (χ3n) is 4.16. The lowest BCUT2D eigenvalue weighted by atomic mass is 9.97. The third-order valence-corrected chi connectivity index (χ3v) is 4.16. The molecule has 0 saturated heterocycles. The fourth-order valence-corrected chi connectivity index (χ4v) is 2.86. The van der Waals surface area contributed by atoms with E-state index in [0.29, 0.717) is 0 Å². The van der Waals surface area contributed by atoms with Gasteiger partial charge in [0.1, 0.15) is 0 Å². The molecular formula is C19H29N3. The summed E-state index contributed by atoms with van der Waals surface area (Å²) in [5, 5.41) is 6.04. The number of benzene rings is 2. The Kier molecular flexibility index (Phi) is 7.37. The lowest BCUT2D eigenvalue weighted by molar-refractivity contribution is 0.551. The molecule has 2 aromatic carbocycles. The molecule has 2 aromatic rings. The van der Waals surface area contributed by atoms with Crippen LogP contribution in [0, 0.1) is 0 Å². The van der Waals surface area contributed by atoms with Crippen LogP contribution in [-0.4, -0.2) is 19.6 Å². The van der Waals surface area contributed by atoms with Gasteiger partial charge < -0.3 is 16.8 Å². The van der Waals surface area contributed by atoms with Gasteiger partial charge in [-0.1, -0.05) is 55.3 Å². The van der Waals surface area contributed by atoms with Gasteiger partial charge in [0, 0.05) is 6.04 Å². The van der Waals surface area contributed by atoms with Crippen LogP contribution >= 0.6 is 0 Å². The molecule has 3 nitrogen and oxygen atoms in total. The molecule has 0 aromatic heterocycles. The summed E-state index contributed by atoms with van der Waals surface area (Å²) in [6.45, 7) is 2.86. The zero-order valence-electron chi connectivity index (χ0n) is 13.4. The highest BCUT2D eigenvalue weighted by molar-refractivity contribution is 5.86. The smallest absolute Gasteiger partial charge is 0.0313 e. The monoisotopic (exact) mass is 299 g/mol. The van der Waals surface area contributed by atoms with Gasteiger partial charge in [-0.3, -0.25) is 0 Å². The predicted molar refractivity (Wildman–Crippen MR) is 95.9 cm³/mol. The van der Waals surface area contributed by atoms with Crippen LogP contribution in [-0.2, 0) is 0 Å². The van der Waals surface area contributed by atoms with Gasteiger partial charge in [-0.25, -0.2) is 0 Å². The number of nitrogens with one attached hydrogen (secondary N) is 1. The summed E-state index contributed by atoms with van der Waals surface area (Å²) in [4.78, 5) is 0. The van der Waals surface area contributed by atoms with E-state index in [-0.39, 0.29) is 6.04 Å². The summed E-state index contributed by atoms with van der Waals surface area (Å²) in [6, 6.07) is 15.0. The number of unbranched alkanes of at least 4 members (excludes halogenated alkanes) is 3. The van der Waals surface area contributed by atoms with Crippen LogP contribution in [0.15, 0.2) is 42.5 Å². The van der Waals surface area contributed by atoms with Crippen LogP contribution in [0.2, 0.25) is 0 Å². The minimum absolute atomic E-state index is 0.0934. The Morgan fingerprint density at radius 1 is 0.864 bits per heavy atom. The van der Waals surface area contributed by atoms with Gasteiger partial charge in [-0.15, -0.1) is 0 Å². The molecule has 1 atom stereocenters. The van der Waals surface area contributed by atoms with Gasteiger partial charge in [-0.2, -0.15) is 0 Å². The van der Waals surface area contributed by atoms with E-state index < -0.39 is 0 Å². The largest absolute Gasteiger partial charge is 0.330 e. The Hall–Kier alpha value is -1.42. The molecule has 3 heteroatoms. The van der Waals surface area contributed by atoms with Crippen LogP contribution in [0.25, 0.3) is 10.8 Å². The van der Waals surface area contributed by atoms with Crippen LogP contribution in [0.3, 0.4) is 0 Å². The summed E-state index contributed by atoms with van der Waals surface area (Å²) in [7, 11) is 0. The molecule has 2 rings (SSSR count). The first-order valence-electron chi connectivity index (χ1n) is 8.47. The Morgan fingerprint density at radius 3 is 2.50 bits per heavy atom. The molecule has 0 bridgehead atoms. The van der Waals surface area contributed by atoms with Crippen molar-refractivity contribution in [3.8, 4) is 0 Å². The van der Waals surface area contributed by atoms with Gasteiger partial charge in [-0.05, 0) is 55.2 Å². The van der Waals surface area contributed by atoms with E-state index in [2.05, 4.69) is 47.8 Å². The van der Waals surface area contributed by atoms with Crippen molar-refractivity contribution in [2.45, 2.75) is 38.1 Å². The number of hydrogen-bond acceptors (Lipinski definition) is 3. The van der Waals surface area contributed by atoms with Crippen molar-refractivity contribution in [2.75, 3.05) is 19.6 Å². The fraction of sp³-hybridized carbons (Fsp3) is 0.474. The molecular weight excluding hydrogens is 270 g/mol. The van der Waals surface area contributed by atoms with E-state index in [4.69, 9.17) is 11.5 Å². The summed E-state index contributed by atoms with van der Waals surface area (Å²) in [5.74, 6) is 0. The summed E-state index contributed by atoms with van der Waals surface area (Å²) < 4.78 is 0. The normalized spacial score (nSPS) is 12.6. The number of hydrogen-bond donors (Lipinski definition) is 3. The van der Waals surface area contributed by atoms with E-state index in [1.807, 2.05) is 0 Å². The van der Waals surface area contributed by atoms with Crippen molar-refractivity contribution in [1.82, 2.24) is 5.32 Å². The lowest BCUT2D eigenvalue weighted by Crippen LogP contribution is -2.22. The molecule has 0 aliphatic heterocycles. The zero-order valence-corrected chi connectivity index (χ0v) is 13.4. The van der Waals surface area contributed by atoms with Crippen molar-refractivity contribution in [3.63, 3.8) is 0 Å². The van der Waals surface area contributed by atoms with Crippen LogP contribution in [0.1, 0.15) is 43.7 Å². The Balaban J connectivity index is 1.74. The predicted octanol–water partition coefficient (Wildman–Crippen LogP) is 3.34. The van der Waals surface area contributed by atoms with Crippen molar-refractivity contribution in [2.24, 2.45) is 11.5 Å². The summed E-state index contributed by atoms with van der Waals surface area (Å²) >= 11 is 0. The van der Waals surface area contributed by atoms with Gasteiger partial charge >= 0.3 is 0 Å². The maximum absolute atomic E-state index is 6.39. The van der Waals surface area contributed by atoms with Crippen molar-refractivity contribution >= 4 is 10.8 Å². The zero-order chi connectivity index (χ0) is 15.6. The molecule has 0 amide bonds. The second-order valence-corrected chi connectivity index (χ2v) is 5.92. The molecule has 0 fully saturated rings. The van der Waals surface area contributed by atoms with E-state index in [9.17, 15) is 0 Å². The molecule has 0 aliphatic carbocycles. The molecule has 1 unspecified atom stereocenters. The van der Waals surface area contributed by atoms with Crippen LogP contribution < -0.4 is 16.8 Å². The molecule has 0 radical (unpaired) electrons. The molecule has 120 valence electrons. The molecule has 0 spiro atoms. The lowest BCUT2D eigenvalue weighted by Gasteiger charge is -2.15. The highest BCUT2D eigenvalue weighted by Gasteiger charge is 2.08. The SMILES string of the molecule is NCCCCCCNCCC(N)c1cccc2ccccc12. The van der Waals surface area contributed by atoms with Gasteiger partial charge in [0.2, 0.25) is 0 Å². The van der Waals surface area contributed by atoms with Gasteiger partial charge in [0.25, 0.3) is 0 Å². The molecule has 0 aliphatic rings. The average molecular weight is 299 g/mol. The fourth-order valence-electron chi connectivity index (χ4n) is 2.86. The molecule has 22 heavy (non-hydrogen) atoms. The van der Waals surface area contributed by atoms with E-state index in [0.717, 1.165) is 32.5 Å². The van der Waals surface area contributed by atoms with E-state index in [1.54, 1.807) is 0 Å². The highest BCUT2D eigenvalue weighted by atomic mass is 14.9. The Bertz CT molecular complexity index is 548.